The molecule has 0 fully saturated rings. The van der Waals surface area contributed by atoms with Crippen LogP contribution in [0.15, 0.2) is 67.3 Å². The molecule has 120 valence electrons. The molecule has 0 bridgehead atoms. The molecule has 1 nitrogen and oxygen atoms in total. The highest BCUT2D eigenvalue weighted by Crippen LogP contribution is 2.37. The first kappa shape index (κ1) is 17.1. The number of benzene rings is 2. The van der Waals surface area contributed by atoms with Gasteiger partial charge in [0.05, 0.1) is 0 Å². The van der Waals surface area contributed by atoms with Crippen molar-refractivity contribution in [3.63, 3.8) is 0 Å². The Morgan fingerprint density at radius 3 is 2.48 bits per heavy atom. The molecule has 0 aliphatic rings. The van der Waals surface area contributed by atoms with Crippen LogP contribution in [0.2, 0.25) is 0 Å². The molecule has 0 aromatic heterocycles. The van der Waals surface area contributed by atoms with Gasteiger partial charge in [0.15, 0.2) is 0 Å². The zero-order valence-corrected chi connectivity index (χ0v) is 14.5. The van der Waals surface area contributed by atoms with E-state index in [2.05, 4.69) is 80.4 Å². The first-order chi connectivity index (χ1) is 11.1. The topological polar surface area (TPSA) is 12.0 Å². The van der Waals surface area contributed by atoms with Gasteiger partial charge in [-0.25, -0.2) is 0 Å². The third-order valence-electron chi connectivity index (χ3n) is 4.37. The van der Waals surface area contributed by atoms with Crippen LogP contribution in [-0.4, -0.2) is 7.05 Å². The molecular weight excluding hydrogens is 278 g/mol. The smallest absolute Gasteiger partial charge is 0.0376 e. The molecule has 1 heteroatoms. The summed E-state index contributed by atoms with van der Waals surface area (Å²) >= 11 is 0. The van der Waals surface area contributed by atoms with Gasteiger partial charge in [0, 0.05) is 18.2 Å². The third-order valence-corrected chi connectivity index (χ3v) is 4.37. The van der Waals surface area contributed by atoms with Gasteiger partial charge in [-0.2, -0.15) is 0 Å². The van der Waals surface area contributed by atoms with E-state index in [1.54, 1.807) is 0 Å². The number of anilines is 1. The SMILES string of the molecule is C=CCC(C)(C/C=C/c1ccccc1)c1cc(C)ccc1NC. The Bertz CT molecular complexity index is 670. The van der Waals surface area contributed by atoms with Gasteiger partial charge >= 0.3 is 0 Å². The van der Waals surface area contributed by atoms with E-state index >= 15 is 0 Å². The molecule has 0 saturated heterocycles. The average molecular weight is 305 g/mol. The number of allylic oxidation sites excluding steroid dienone is 2. The normalized spacial score (nSPS) is 13.7. The summed E-state index contributed by atoms with van der Waals surface area (Å²) in [5.41, 5.74) is 5.13. The summed E-state index contributed by atoms with van der Waals surface area (Å²) in [7, 11) is 1.99. The quantitative estimate of drug-likeness (QED) is 0.621. The van der Waals surface area contributed by atoms with E-state index in [4.69, 9.17) is 0 Å². The van der Waals surface area contributed by atoms with Crippen LogP contribution in [0.1, 0.15) is 36.5 Å². The lowest BCUT2D eigenvalue weighted by molar-refractivity contribution is 0.487. The standard InChI is InChI=1S/C22H27N/c1-5-15-22(3,16-9-12-19-10-7-6-8-11-19)20-17-18(2)13-14-21(20)23-4/h5-14,17,23H,1,15-16H2,2-4H3/b12-9+. The summed E-state index contributed by atoms with van der Waals surface area (Å²) in [6.45, 7) is 8.44. The monoisotopic (exact) mass is 305 g/mol. The van der Waals surface area contributed by atoms with Crippen molar-refractivity contribution in [1.29, 1.82) is 0 Å². The maximum Gasteiger partial charge on any atom is 0.0376 e. The van der Waals surface area contributed by atoms with Crippen molar-refractivity contribution in [3.8, 4) is 0 Å². The number of hydrogen-bond acceptors (Lipinski definition) is 1. The summed E-state index contributed by atoms with van der Waals surface area (Å²) in [5.74, 6) is 0. The molecule has 1 unspecified atom stereocenters. The summed E-state index contributed by atoms with van der Waals surface area (Å²) in [4.78, 5) is 0. The van der Waals surface area contributed by atoms with E-state index < -0.39 is 0 Å². The highest BCUT2D eigenvalue weighted by Gasteiger charge is 2.26. The molecule has 2 aromatic rings. The highest BCUT2D eigenvalue weighted by molar-refractivity contribution is 5.57. The molecule has 0 spiro atoms. The third kappa shape index (κ3) is 4.35. The van der Waals surface area contributed by atoms with Crippen LogP contribution >= 0.6 is 0 Å². The Labute approximate surface area is 140 Å². The Balaban J connectivity index is 2.30. The molecule has 0 heterocycles. The first-order valence-corrected chi connectivity index (χ1v) is 8.20. The zero-order valence-electron chi connectivity index (χ0n) is 14.5. The van der Waals surface area contributed by atoms with Crippen molar-refractivity contribution < 1.29 is 0 Å². The summed E-state index contributed by atoms with van der Waals surface area (Å²) in [6.07, 6.45) is 8.44. The van der Waals surface area contributed by atoms with Gasteiger partial charge in [0.2, 0.25) is 0 Å². The lowest BCUT2D eigenvalue weighted by Gasteiger charge is -2.30. The summed E-state index contributed by atoms with van der Waals surface area (Å²) < 4.78 is 0. The van der Waals surface area contributed by atoms with Crippen LogP contribution in [-0.2, 0) is 5.41 Å². The van der Waals surface area contributed by atoms with Crippen LogP contribution in [0.3, 0.4) is 0 Å². The summed E-state index contributed by atoms with van der Waals surface area (Å²) in [5, 5.41) is 3.34. The minimum Gasteiger partial charge on any atom is -0.388 e. The average Bonchev–Trinajstić information content (AvgIpc) is 2.56. The predicted octanol–water partition coefficient (Wildman–Crippen LogP) is 5.97. The van der Waals surface area contributed by atoms with Crippen molar-refractivity contribution >= 4 is 11.8 Å². The van der Waals surface area contributed by atoms with Crippen LogP contribution in [0.4, 0.5) is 5.69 Å². The van der Waals surface area contributed by atoms with Gasteiger partial charge in [0.1, 0.15) is 0 Å². The van der Waals surface area contributed by atoms with Gasteiger partial charge in [0.25, 0.3) is 0 Å². The van der Waals surface area contributed by atoms with Crippen molar-refractivity contribution in [2.24, 2.45) is 0 Å². The molecule has 1 atom stereocenters. The Hall–Kier alpha value is -2.28. The van der Waals surface area contributed by atoms with Gasteiger partial charge in [-0.15, -0.1) is 6.58 Å². The maximum absolute atomic E-state index is 3.97. The fourth-order valence-corrected chi connectivity index (χ4v) is 3.02. The fourth-order valence-electron chi connectivity index (χ4n) is 3.02. The molecule has 1 N–H and O–H groups in total. The van der Waals surface area contributed by atoms with E-state index in [1.165, 1.54) is 22.4 Å². The molecule has 0 aliphatic heterocycles. The van der Waals surface area contributed by atoms with Crippen molar-refractivity contribution in [2.45, 2.75) is 32.1 Å². The first-order valence-electron chi connectivity index (χ1n) is 8.20. The summed E-state index contributed by atoms with van der Waals surface area (Å²) in [6, 6.07) is 17.1. The fraction of sp³-hybridized carbons (Fsp3) is 0.273. The van der Waals surface area contributed by atoms with E-state index in [-0.39, 0.29) is 5.41 Å². The van der Waals surface area contributed by atoms with Gasteiger partial charge in [-0.1, -0.05) is 73.2 Å². The van der Waals surface area contributed by atoms with Crippen LogP contribution < -0.4 is 5.32 Å². The molecule has 0 radical (unpaired) electrons. The lowest BCUT2D eigenvalue weighted by atomic mass is 9.75. The minimum absolute atomic E-state index is 0.0391. The minimum atomic E-state index is 0.0391. The molecule has 0 aliphatic carbocycles. The van der Waals surface area contributed by atoms with E-state index in [9.17, 15) is 0 Å². The second-order valence-corrected chi connectivity index (χ2v) is 6.37. The predicted molar refractivity (Wildman–Crippen MR) is 103 cm³/mol. The molecular formula is C22H27N. The number of rotatable bonds is 7. The second kappa shape index (κ2) is 7.82. The van der Waals surface area contributed by atoms with Crippen LogP contribution in [0.5, 0.6) is 0 Å². The molecule has 0 amide bonds. The maximum atomic E-state index is 3.97. The zero-order chi connectivity index (χ0) is 16.7. The van der Waals surface area contributed by atoms with Crippen molar-refractivity contribution in [3.05, 3.63) is 84.0 Å². The van der Waals surface area contributed by atoms with Gasteiger partial charge < -0.3 is 5.32 Å². The molecule has 2 rings (SSSR count). The number of hydrogen-bond donors (Lipinski definition) is 1. The second-order valence-electron chi connectivity index (χ2n) is 6.37. The van der Waals surface area contributed by atoms with Crippen LogP contribution in [0, 0.1) is 6.92 Å². The number of nitrogens with one attached hydrogen (secondary N) is 1. The van der Waals surface area contributed by atoms with E-state index in [1.807, 2.05) is 19.2 Å². The molecule has 0 saturated carbocycles. The lowest BCUT2D eigenvalue weighted by Crippen LogP contribution is -2.22. The van der Waals surface area contributed by atoms with Crippen molar-refractivity contribution in [1.82, 2.24) is 0 Å². The number of aryl methyl sites for hydroxylation is 1. The van der Waals surface area contributed by atoms with Gasteiger partial charge in [-0.3, -0.25) is 0 Å². The van der Waals surface area contributed by atoms with Crippen LogP contribution in [0.25, 0.3) is 6.08 Å². The van der Waals surface area contributed by atoms with Gasteiger partial charge in [-0.05, 0) is 37.0 Å². The largest absolute Gasteiger partial charge is 0.388 e. The molecule has 2 aromatic carbocycles. The highest BCUT2D eigenvalue weighted by atomic mass is 14.8. The Kier molecular flexibility index (Phi) is 5.81. The van der Waals surface area contributed by atoms with E-state index in [0.717, 1.165) is 12.8 Å². The molecule has 23 heavy (non-hydrogen) atoms. The van der Waals surface area contributed by atoms with E-state index in [0.29, 0.717) is 0 Å². The Morgan fingerprint density at radius 1 is 1.09 bits per heavy atom. The van der Waals surface area contributed by atoms with Crippen molar-refractivity contribution in [2.75, 3.05) is 12.4 Å². The Morgan fingerprint density at radius 2 is 1.83 bits per heavy atom.